The molecule has 2 aromatic rings. The lowest BCUT2D eigenvalue weighted by Gasteiger charge is -2.20. The zero-order chi connectivity index (χ0) is 11.8. The maximum Gasteiger partial charge on any atom is 0.0384 e. The van der Waals surface area contributed by atoms with Crippen LogP contribution in [-0.4, -0.2) is 0 Å². The molecule has 0 amide bonds. The highest BCUT2D eigenvalue weighted by molar-refractivity contribution is 9.10. The number of nitrogens with two attached hydrogens (primary N) is 1. The van der Waals surface area contributed by atoms with Crippen molar-refractivity contribution < 1.29 is 0 Å². The molecule has 88 valence electrons. The highest BCUT2D eigenvalue weighted by atomic mass is 79.9. The Labute approximate surface area is 114 Å². The first-order valence-electron chi connectivity index (χ1n) is 5.82. The van der Waals surface area contributed by atoms with Crippen molar-refractivity contribution in [3.8, 4) is 0 Å². The van der Waals surface area contributed by atoms with Crippen LogP contribution in [0.3, 0.4) is 0 Å². The SMILES string of the molecule is NC(c1cscc1Br)C1CCc2ccccc21. The van der Waals surface area contributed by atoms with E-state index in [1.165, 1.54) is 23.1 Å². The van der Waals surface area contributed by atoms with Crippen molar-refractivity contribution in [2.24, 2.45) is 5.73 Å². The Morgan fingerprint density at radius 3 is 2.88 bits per heavy atom. The van der Waals surface area contributed by atoms with Gasteiger partial charge >= 0.3 is 0 Å². The second-order valence-corrected chi connectivity index (χ2v) is 6.14. The molecular weight excluding hydrogens is 294 g/mol. The first-order valence-corrected chi connectivity index (χ1v) is 7.56. The lowest BCUT2D eigenvalue weighted by molar-refractivity contribution is 0.550. The maximum absolute atomic E-state index is 6.44. The lowest BCUT2D eigenvalue weighted by Crippen LogP contribution is -2.17. The predicted molar refractivity (Wildman–Crippen MR) is 76.5 cm³/mol. The van der Waals surface area contributed by atoms with Gasteiger partial charge in [-0.15, -0.1) is 0 Å². The third-order valence-corrected chi connectivity index (χ3v) is 5.37. The summed E-state index contributed by atoms with van der Waals surface area (Å²) in [5.41, 5.74) is 10.6. The van der Waals surface area contributed by atoms with E-state index in [2.05, 4.69) is 51.0 Å². The van der Waals surface area contributed by atoms with Crippen molar-refractivity contribution >= 4 is 27.3 Å². The average molecular weight is 308 g/mol. The number of aryl methyl sites for hydroxylation is 1. The summed E-state index contributed by atoms with van der Waals surface area (Å²) >= 11 is 5.29. The van der Waals surface area contributed by atoms with E-state index in [0.717, 1.165) is 10.9 Å². The van der Waals surface area contributed by atoms with Gasteiger partial charge in [-0.3, -0.25) is 0 Å². The van der Waals surface area contributed by atoms with E-state index in [0.29, 0.717) is 5.92 Å². The summed E-state index contributed by atoms with van der Waals surface area (Å²) in [4.78, 5) is 0. The van der Waals surface area contributed by atoms with E-state index in [1.54, 1.807) is 11.3 Å². The zero-order valence-corrected chi connectivity index (χ0v) is 11.8. The molecule has 2 atom stereocenters. The van der Waals surface area contributed by atoms with Crippen LogP contribution >= 0.6 is 27.3 Å². The fourth-order valence-electron chi connectivity index (χ4n) is 2.71. The molecule has 0 spiro atoms. The molecule has 0 saturated carbocycles. The number of rotatable bonds is 2. The van der Waals surface area contributed by atoms with Crippen LogP contribution in [0.15, 0.2) is 39.5 Å². The topological polar surface area (TPSA) is 26.0 Å². The summed E-state index contributed by atoms with van der Waals surface area (Å²) < 4.78 is 1.15. The van der Waals surface area contributed by atoms with Crippen molar-refractivity contribution in [2.45, 2.75) is 24.8 Å². The van der Waals surface area contributed by atoms with E-state index in [9.17, 15) is 0 Å². The standard InChI is InChI=1S/C14H14BrNS/c15-13-8-17-7-12(13)14(16)11-6-5-9-3-1-2-4-10(9)11/h1-4,7-8,11,14H,5-6,16H2. The Kier molecular flexibility index (Phi) is 3.07. The van der Waals surface area contributed by atoms with E-state index in [1.807, 2.05) is 0 Å². The molecule has 1 nitrogen and oxygen atoms in total. The van der Waals surface area contributed by atoms with Crippen LogP contribution in [0.2, 0.25) is 0 Å². The molecule has 0 saturated heterocycles. The minimum Gasteiger partial charge on any atom is -0.323 e. The molecule has 1 aliphatic carbocycles. The van der Waals surface area contributed by atoms with Crippen molar-refractivity contribution in [2.75, 3.05) is 0 Å². The van der Waals surface area contributed by atoms with Gasteiger partial charge in [0.15, 0.2) is 0 Å². The summed E-state index contributed by atoms with van der Waals surface area (Å²) in [7, 11) is 0. The molecule has 3 rings (SSSR count). The third-order valence-electron chi connectivity index (χ3n) is 3.61. The second-order valence-electron chi connectivity index (χ2n) is 4.54. The minimum atomic E-state index is 0.110. The zero-order valence-electron chi connectivity index (χ0n) is 9.40. The molecule has 3 heteroatoms. The largest absolute Gasteiger partial charge is 0.323 e. The van der Waals surface area contributed by atoms with Crippen LogP contribution in [0.4, 0.5) is 0 Å². The fourth-order valence-corrected chi connectivity index (χ4v) is 4.32. The summed E-state index contributed by atoms with van der Waals surface area (Å²) in [5, 5.41) is 4.27. The lowest BCUT2D eigenvalue weighted by atomic mass is 9.90. The predicted octanol–water partition coefficient (Wildman–Crippen LogP) is 4.24. The Balaban J connectivity index is 1.95. The maximum atomic E-state index is 6.44. The Bertz CT molecular complexity index is 535. The molecule has 0 radical (unpaired) electrons. The number of halogens is 1. The van der Waals surface area contributed by atoms with Crippen molar-refractivity contribution in [1.82, 2.24) is 0 Å². The normalized spacial score (nSPS) is 20.2. The molecule has 1 aliphatic rings. The van der Waals surface area contributed by atoms with Gasteiger partial charge in [0.05, 0.1) is 0 Å². The quantitative estimate of drug-likeness (QED) is 0.882. The first kappa shape index (κ1) is 11.5. The van der Waals surface area contributed by atoms with Crippen molar-refractivity contribution in [3.63, 3.8) is 0 Å². The van der Waals surface area contributed by atoms with Crippen molar-refractivity contribution in [1.29, 1.82) is 0 Å². The van der Waals surface area contributed by atoms with Gasteiger partial charge < -0.3 is 5.73 Å². The molecule has 0 fully saturated rings. The Morgan fingerprint density at radius 2 is 2.12 bits per heavy atom. The molecule has 0 aliphatic heterocycles. The van der Waals surface area contributed by atoms with Gasteiger partial charge in [0.2, 0.25) is 0 Å². The molecule has 1 aromatic heterocycles. The Morgan fingerprint density at radius 1 is 1.29 bits per heavy atom. The minimum absolute atomic E-state index is 0.110. The number of thiophene rings is 1. The molecule has 17 heavy (non-hydrogen) atoms. The van der Waals surface area contributed by atoms with E-state index < -0.39 is 0 Å². The molecule has 0 bridgehead atoms. The summed E-state index contributed by atoms with van der Waals surface area (Å²) in [6, 6.07) is 8.80. The van der Waals surface area contributed by atoms with Gasteiger partial charge in [0, 0.05) is 21.8 Å². The van der Waals surface area contributed by atoms with Crippen LogP contribution < -0.4 is 5.73 Å². The smallest absolute Gasteiger partial charge is 0.0384 e. The number of hydrogen-bond donors (Lipinski definition) is 1. The third kappa shape index (κ3) is 1.96. The monoisotopic (exact) mass is 307 g/mol. The summed E-state index contributed by atoms with van der Waals surface area (Å²) in [6.45, 7) is 0. The number of fused-ring (bicyclic) bond motifs is 1. The first-order chi connectivity index (χ1) is 8.27. The molecule has 2 unspecified atom stereocenters. The van der Waals surface area contributed by atoms with E-state index >= 15 is 0 Å². The summed E-state index contributed by atoms with van der Waals surface area (Å²) in [5.74, 6) is 0.470. The fraction of sp³-hybridized carbons (Fsp3) is 0.286. The van der Waals surface area contributed by atoms with Gasteiger partial charge in [-0.05, 0) is 50.8 Å². The molecule has 1 aromatic carbocycles. The molecule has 2 N–H and O–H groups in total. The number of hydrogen-bond acceptors (Lipinski definition) is 2. The molecule has 1 heterocycles. The van der Waals surface area contributed by atoms with E-state index in [4.69, 9.17) is 5.73 Å². The van der Waals surface area contributed by atoms with Crippen LogP contribution in [0.25, 0.3) is 0 Å². The number of benzene rings is 1. The van der Waals surface area contributed by atoms with Gasteiger partial charge in [0.25, 0.3) is 0 Å². The van der Waals surface area contributed by atoms with Crippen molar-refractivity contribution in [3.05, 3.63) is 56.2 Å². The van der Waals surface area contributed by atoms with Crippen LogP contribution in [0.5, 0.6) is 0 Å². The highest BCUT2D eigenvalue weighted by Crippen LogP contribution is 2.42. The van der Waals surface area contributed by atoms with Crippen LogP contribution in [0.1, 0.15) is 35.1 Å². The van der Waals surface area contributed by atoms with Gasteiger partial charge in [0.1, 0.15) is 0 Å². The van der Waals surface area contributed by atoms with Crippen LogP contribution in [0, 0.1) is 0 Å². The molecular formula is C14H14BrNS. The Hall–Kier alpha value is -0.640. The average Bonchev–Trinajstić information content (AvgIpc) is 2.94. The van der Waals surface area contributed by atoms with Gasteiger partial charge in [-0.25, -0.2) is 0 Å². The second kappa shape index (κ2) is 4.56. The highest BCUT2D eigenvalue weighted by Gasteiger charge is 2.29. The van der Waals surface area contributed by atoms with Crippen LogP contribution in [-0.2, 0) is 6.42 Å². The van der Waals surface area contributed by atoms with Gasteiger partial charge in [-0.2, -0.15) is 11.3 Å². The summed E-state index contributed by atoms with van der Waals surface area (Å²) in [6.07, 6.45) is 2.33. The van der Waals surface area contributed by atoms with E-state index in [-0.39, 0.29) is 6.04 Å². The van der Waals surface area contributed by atoms with Gasteiger partial charge in [-0.1, -0.05) is 24.3 Å².